The Morgan fingerprint density at radius 2 is 2.35 bits per heavy atom. The molecular formula is C12H17BrN2OS. The van der Waals surface area contributed by atoms with E-state index < -0.39 is 0 Å². The van der Waals surface area contributed by atoms with E-state index in [2.05, 4.69) is 34.9 Å². The summed E-state index contributed by atoms with van der Waals surface area (Å²) in [6.45, 7) is 1.73. The maximum absolute atomic E-state index is 12.3. The number of thiophene rings is 1. The third-order valence-corrected chi connectivity index (χ3v) is 5.05. The van der Waals surface area contributed by atoms with Crippen LogP contribution in [0.4, 0.5) is 0 Å². The molecule has 3 nitrogen and oxygen atoms in total. The lowest BCUT2D eigenvalue weighted by molar-refractivity contribution is 0.0639. The van der Waals surface area contributed by atoms with Gasteiger partial charge in [-0.1, -0.05) is 0 Å². The van der Waals surface area contributed by atoms with E-state index in [-0.39, 0.29) is 5.91 Å². The Hall–Kier alpha value is -0.390. The van der Waals surface area contributed by atoms with Crippen LogP contribution >= 0.6 is 27.3 Å². The third kappa shape index (κ3) is 2.89. The SMILES string of the molecule is CN(C)[C@H]1CCCN(C(=O)c2sccc2Br)C1. The van der Waals surface area contributed by atoms with E-state index in [0.717, 1.165) is 28.9 Å². The van der Waals surface area contributed by atoms with Gasteiger partial charge < -0.3 is 9.80 Å². The van der Waals surface area contributed by atoms with Gasteiger partial charge in [-0.15, -0.1) is 11.3 Å². The number of piperidine rings is 1. The Kier molecular flexibility index (Phi) is 4.22. The number of hydrogen-bond acceptors (Lipinski definition) is 3. The van der Waals surface area contributed by atoms with Crippen molar-refractivity contribution in [3.05, 3.63) is 20.8 Å². The number of carbonyl (C=O) groups is 1. The number of likely N-dealkylation sites (N-methyl/N-ethyl adjacent to an activating group) is 1. The highest BCUT2D eigenvalue weighted by Gasteiger charge is 2.26. The van der Waals surface area contributed by atoms with E-state index in [0.29, 0.717) is 6.04 Å². The topological polar surface area (TPSA) is 23.6 Å². The zero-order chi connectivity index (χ0) is 12.4. The van der Waals surface area contributed by atoms with Gasteiger partial charge in [0.1, 0.15) is 4.88 Å². The van der Waals surface area contributed by atoms with Gasteiger partial charge in [0.2, 0.25) is 0 Å². The van der Waals surface area contributed by atoms with E-state index in [1.54, 1.807) is 0 Å². The van der Waals surface area contributed by atoms with Crippen molar-refractivity contribution in [3.8, 4) is 0 Å². The van der Waals surface area contributed by atoms with Crippen molar-refractivity contribution in [1.29, 1.82) is 0 Å². The average Bonchev–Trinajstić information content (AvgIpc) is 2.74. The molecule has 5 heteroatoms. The fourth-order valence-electron chi connectivity index (χ4n) is 2.15. The van der Waals surface area contributed by atoms with E-state index in [9.17, 15) is 4.79 Å². The summed E-state index contributed by atoms with van der Waals surface area (Å²) in [5.74, 6) is 0.165. The molecule has 1 amide bonds. The highest BCUT2D eigenvalue weighted by molar-refractivity contribution is 9.10. The molecule has 1 aromatic rings. The fraction of sp³-hybridized carbons (Fsp3) is 0.583. The quantitative estimate of drug-likeness (QED) is 0.837. The number of likely N-dealkylation sites (tertiary alicyclic amines) is 1. The first-order chi connectivity index (χ1) is 8.09. The first-order valence-corrected chi connectivity index (χ1v) is 7.45. The number of nitrogens with zero attached hydrogens (tertiary/aromatic N) is 2. The number of amides is 1. The largest absolute Gasteiger partial charge is 0.336 e. The standard InChI is InChI=1S/C12H17BrN2OS/c1-14(2)9-4-3-6-15(8-9)12(16)11-10(13)5-7-17-11/h5,7,9H,3-4,6,8H2,1-2H3/t9-/m0/s1. The molecule has 1 aliphatic heterocycles. The molecular weight excluding hydrogens is 300 g/mol. The van der Waals surface area contributed by atoms with E-state index in [1.807, 2.05) is 16.3 Å². The Bertz CT molecular complexity index is 405. The maximum atomic E-state index is 12.3. The average molecular weight is 317 g/mol. The van der Waals surface area contributed by atoms with Gasteiger partial charge in [-0.3, -0.25) is 4.79 Å². The van der Waals surface area contributed by atoms with Crippen molar-refractivity contribution in [3.63, 3.8) is 0 Å². The summed E-state index contributed by atoms with van der Waals surface area (Å²) in [5.41, 5.74) is 0. The lowest BCUT2D eigenvalue weighted by Crippen LogP contribution is -2.47. The fourth-order valence-corrected chi connectivity index (χ4v) is 3.66. The lowest BCUT2D eigenvalue weighted by atomic mass is 10.0. The summed E-state index contributed by atoms with van der Waals surface area (Å²) in [6, 6.07) is 2.43. The highest BCUT2D eigenvalue weighted by atomic mass is 79.9. The Morgan fingerprint density at radius 1 is 1.59 bits per heavy atom. The molecule has 2 rings (SSSR count). The van der Waals surface area contributed by atoms with Gasteiger partial charge in [-0.25, -0.2) is 0 Å². The predicted octanol–water partition coefficient (Wildman–Crippen LogP) is 2.68. The number of carbonyl (C=O) groups excluding carboxylic acids is 1. The molecule has 0 saturated carbocycles. The molecule has 1 atom stereocenters. The molecule has 0 aliphatic carbocycles. The number of rotatable bonds is 2. The minimum Gasteiger partial charge on any atom is -0.336 e. The van der Waals surface area contributed by atoms with E-state index in [4.69, 9.17) is 0 Å². The molecule has 0 spiro atoms. The van der Waals surface area contributed by atoms with Crippen molar-refractivity contribution >= 4 is 33.2 Å². The van der Waals surface area contributed by atoms with Crippen LogP contribution in [0.2, 0.25) is 0 Å². The second kappa shape index (κ2) is 5.50. The van der Waals surface area contributed by atoms with Crippen LogP contribution < -0.4 is 0 Å². The molecule has 0 aromatic carbocycles. The molecule has 17 heavy (non-hydrogen) atoms. The van der Waals surface area contributed by atoms with Gasteiger partial charge in [-0.05, 0) is 54.3 Å². The van der Waals surface area contributed by atoms with Crippen LogP contribution in [0.5, 0.6) is 0 Å². The van der Waals surface area contributed by atoms with Crippen LogP contribution in [0, 0.1) is 0 Å². The van der Waals surface area contributed by atoms with Crippen LogP contribution in [-0.2, 0) is 0 Å². The summed E-state index contributed by atoms with van der Waals surface area (Å²) >= 11 is 4.94. The normalized spacial score (nSPS) is 20.9. The number of hydrogen-bond donors (Lipinski definition) is 0. The predicted molar refractivity (Wildman–Crippen MR) is 74.6 cm³/mol. The monoisotopic (exact) mass is 316 g/mol. The lowest BCUT2D eigenvalue weighted by Gasteiger charge is -2.36. The second-order valence-corrected chi connectivity index (χ2v) is 6.38. The van der Waals surface area contributed by atoms with Crippen molar-refractivity contribution in [2.45, 2.75) is 18.9 Å². The minimum absolute atomic E-state index is 0.165. The molecule has 1 aromatic heterocycles. The van der Waals surface area contributed by atoms with Gasteiger partial charge in [0.25, 0.3) is 5.91 Å². The smallest absolute Gasteiger partial charge is 0.265 e. The van der Waals surface area contributed by atoms with Crippen LogP contribution in [0.25, 0.3) is 0 Å². The van der Waals surface area contributed by atoms with Gasteiger partial charge in [0.05, 0.1) is 0 Å². The molecule has 1 aliphatic rings. The zero-order valence-corrected chi connectivity index (χ0v) is 12.6. The summed E-state index contributed by atoms with van der Waals surface area (Å²) in [7, 11) is 4.17. The molecule has 0 radical (unpaired) electrons. The van der Waals surface area contributed by atoms with E-state index in [1.165, 1.54) is 17.8 Å². The van der Waals surface area contributed by atoms with Crippen LogP contribution in [-0.4, -0.2) is 48.9 Å². The summed E-state index contributed by atoms with van der Waals surface area (Å²) in [5, 5.41) is 1.95. The molecule has 0 bridgehead atoms. The molecule has 2 heterocycles. The molecule has 1 saturated heterocycles. The zero-order valence-electron chi connectivity index (χ0n) is 10.1. The molecule has 1 fully saturated rings. The van der Waals surface area contributed by atoms with Gasteiger partial charge in [0, 0.05) is 23.6 Å². The summed E-state index contributed by atoms with van der Waals surface area (Å²) in [4.78, 5) is 17.3. The van der Waals surface area contributed by atoms with Crippen LogP contribution in [0.3, 0.4) is 0 Å². The van der Waals surface area contributed by atoms with Crippen molar-refractivity contribution in [2.24, 2.45) is 0 Å². The van der Waals surface area contributed by atoms with Crippen molar-refractivity contribution in [1.82, 2.24) is 9.80 Å². The Morgan fingerprint density at radius 3 is 2.94 bits per heavy atom. The van der Waals surface area contributed by atoms with E-state index >= 15 is 0 Å². The minimum atomic E-state index is 0.165. The molecule has 0 N–H and O–H groups in total. The molecule has 0 unspecified atom stereocenters. The molecule has 94 valence electrons. The van der Waals surface area contributed by atoms with Gasteiger partial charge in [0.15, 0.2) is 0 Å². The van der Waals surface area contributed by atoms with Crippen molar-refractivity contribution in [2.75, 3.05) is 27.2 Å². The Balaban J connectivity index is 2.07. The van der Waals surface area contributed by atoms with Gasteiger partial charge in [-0.2, -0.15) is 0 Å². The highest BCUT2D eigenvalue weighted by Crippen LogP contribution is 2.26. The Labute approximate surface area is 115 Å². The number of halogens is 1. The van der Waals surface area contributed by atoms with Crippen LogP contribution in [0.1, 0.15) is 22.5 Å². The van der Waals surface area contributed by atoms with Crippen LogP contribution in [0.15, 0.2) is 15.9 Å². The first kappa shape index (κ1) is 13.1. The first-order valence-electron chi connectivity index (χ1n) is 5.78. The summed E-state index contributed by atoms with van der Waals surface area (Å²) < 4.78 is 0.916. The maximum Gasteiger partial charge on any atom is 0.265 e. The third-order valence-electron chi connectivity index (χ3n) is 3.23. The van der Waals surface area contributed by atoms with Crippen molar-refractivity contribution < 1.29 is 4.79 Å². The summed E-state index contributed by atoms with van der Waals surface area (Å²) in [6.07, 6.45) is 2.28. The second-order valence-electron chi connectivity index (χ2n) is 4.61. The van der Waals surface area contributed by atoms with Gasteiger partial charge >= 0.3 is 0 Å².